The van der Waals surface area contributed by atoms with Gasteiger partial charge < -0.3 is 15.7 Å². The number of amides is 2. The first-order valence-corrected chi connectivity index (χ1v) is 6.09. The van der Waals surface area contributed by atoms with Gasteiger partial charge in [0.2, 0.25) is 5.91 Å². The molecular weight excluding hydrogens is 240 g/mol. The Morgan fingerprint density at radius 1 is 1.47 bits per heavy atom. The van der Waals surface area contributed by atoms with Crippen molar-refractivity contribution in [1.29, 1.82) is 0 Å². The summed E-state index contributed by atoms with van der Waals surface area (Å²) in [6.07, 6.45) is 0. The second-order valence-electron chi connectivity index (χ2n) is 3.73. The lowest BCUT2D eigenvalue weighted by atomic mass is 10.3. The minimum absolute atomic E-state index is 0.0874. The number of rotatable bonds is 5. The molecule has 0 aliphatic heterocycles. The summed E-state index contributed by atoms with van der Waals surface area (Å²) < 4.78 is 0. The zero-order chi connectivity index (χ0) is 12.8. The molecule has 1 aromatic rings. The first kappa shape index (κ1) is 13.7. The number of carbonyl (C=O) groups is 2. The third kappa shape index (κ3) is 4.54. The highest BCUT2D eigenvalue weighted by Gasteiger charge is 2.11. The van der Waals surface area contributed by atoms with Crippen molar-refractivity contribution in [3.8, 4) is 0 Å². The average Bonchev–Trinajstić information content (AvgIpc) is 2.74. The van der Waals surface area contributed by atoms with E-state index in [-0.39, 0.29) is 24.5 Å². The maximum absolute atomic E-state index is 11.7. The molecule has 0 saturated carbocycles. The number of aliphatic hydroxyl groups is 1. The number of thiophene rings is 1. The van der Waals surface area contributed by atoms with Gasteiger partial charge in [0.1, 0.15) is 0 Å². The molecule has 2 amide bonds. The highest BCUT2D eigenvalue weighted by Crippen LogP contribution is 2.16. The third-order valence-corrected chi connectivity index (χ3v) is 3.13. The minimum atomic E-state index is -0.261. The molecule has 0 bridgehead atoms. The van der Waals surface area contributed by atoms with Crippen LogP contribution in [0.1, 0.15) is 28.4 Å². The van der Waals surface area contributed by atoms with Gasteiger partial charge in [0.25, 0.3) is 5.91 Å². The van der Waals surface area contributed by atoms with E-state index in [1.165, 1.54) is 18.3 Å². The van der Waals surface area contributed by atoms with E-state index in [2.05, 4.69) is 10.6 Å². The van der Waals surface area contributed by atoms with Crippen molar-refractivity contribution in [2.24, 2.45) is 0 Å². The molecule has 6 heteroatoms. The summed E-state index contributed by atoms with van der Waals surface area (Å²) in [5.74, 6) is -0.302. The van der Waals surface area contributed by atoms with Crippen LogP contribution in [0.25, 0.3) is 0 Å². The molecular formula is C11H16N2O3S. The Kier molecular flexibility index (Phi) is 5.11. The monoisotopic (exact) mass is 256 g/mol. The van der Waals surface area contributed by atoms with Crippen LogP contribution in [0, 0.1) is 0 Å². The molecule has 0 spiro atoms. The Labute approximate surface area is 104 Å². The molecule has 0 aliphatic carbocycles. The number of carbonyl (C=O) groups excluding carboxylic acids is 2. The van der Waals surface area contributed by atoms with E-state index >= 15 is 0 Å². The van der Waals surface area contributed by atoms with E-state index in [1.54, 1.807) is 19.1 Å². The van der Waals surface area contributed by atoms with Gasteiger partial charge in [0, 0.05) is 17.8 Å². The second kappa shape index (κ2) is 6.36. The molecule has 1 aromatic heterocycles. The summed E-state index contributed by atoms with van der Waals surface area (Å²) in [7, 11) is 0. The molecule has 17 heavy (non-hydrogen) atoms. The molecule has 1 atom stereocenters. The first-order chi connectivity index (χ1) is 8.02. The van der Waals surface area contributed by atoms with E-state index in [0.29, 0.717) is 11.4 Å². The highest BCUT2D eigenvalue weighted by atomic mass is 32.1. The molecule has 94 valence electrons. The van der Waals surface area contributed by atoms with Crippen molar-refractivity contribution in [2.75, 3.05) is 6.61 Å². The van der Waals surface area contributed by atoms with Crippen LogP contribution in [0.5, 0.6) is 0 Å². The number of hydrogen-bond donors (Lipinski definition) is 3. The fraction of sp³-hybridized carbons (Fsp3) is 0.455. The van der Waals surface area contributed by atoms with Gasteiger partial charge in [-0.15, -0.1) is 11.3 Å². The lowest BCUT2D eigenvalue weighted by Gasteiger charge is -2.08. The van der Waals surface area contributed by atoms with Crippen molar-refractivity contribution in [3.63, 3.8) is 0 Å². The van der Waals surface area contributed by atoms with Crippen LogP contribution in [0.2, 0.25) is 0 Å². The Morgan fingerprint density at radius 2 is 2.18 bits per heavy atom. The normalized spacial score (nSPS) is 11.9. The Balaban J connectivity index is 2.55. The molecule has 3 N–H and O–H groups in total. The molecule has 0 saturated heterocycles. The van der Waals surface area contributed by atoms with E-state index in [4.69, 9.17) is 5.11 Å². The fourth-order valence-electron chi connectivity index (χ4n) is 1.15. The quantitative estimate of drug-likeness (QED) is 0.717. The van der Waals surface area contributed by atoms with Gasteiger partial charge in [-0.25, -0.2) is 0 Å². The van der Waals surface area contributed by atoms with Crippen LogP contribution in [0.15, 0.2) is 12.1 Å². The average molecular weight is 256 g/mol. The number of nitrogens with one attached hydrogen (secondary N) is 2. The second-order valence-corrected chi connectivity index (χ2v) is 4.90. The third-order valence-electron chi connectivity index (χ3n) is 2.05. The molecule has 1 unspecified atom stereocenters. The van der Waals surface area contributed by atoms with Crippen molar-refractivity contribution in [2.45, 2.75) is 26.4 Å². The maximum atomic E-state index is 11.7. The van der Waals surface area contributed by atoms with E-state index in [9.17, 15) is 9.59 Å². The first-order valence-electron chi connectivity index (χ1n) is 5.27. The van der Waals surface area contributed by atoms with Crippen molar-refractivity contribution in [1.82, 2.24) is 10.6 Å². The molecule has 1 heterocycles. The standard InChI is InChI=1S/C11H16N2O3S/c1-7(6-14)13-11(16)10-4-3-9(17-10)5-12-8(2)15/h3-4,7,14H,5-6H2,1-2H3,(H,12,15)(H,13,16). The van der Waals surface area contributed by atoms with Gasteiger partial charge in [-0.2, -0.15) is 0 Å². The summed E-state index contributed by atoms with van der Waals surface area (Å²) in [4.78, 5) is 23.9. The number of hydrogen-bond acceptors (Lipinski definition) is 4. The van der Waals surface area contributed by atoms with Gasteiger partial charge >= 0.3 is 0 Å². The largest absolute Gasteiger partial charge is 0.394 e. The smallest absolute Gasteiger partial charge is 0.261 e. The summed E-state index contributed by atoms with van der Waals surface area (Å²) in [5, 5.41) is 14.1. The van der Waals surface area contributed by atoms with Crippen LogP contribution in [-0.2, 0) is 11.3 Å². The predicted octanol–water partition coefficient (Wildman–Crippen LogP) is 0.495. The van der Waals surface area contributed by atoms with Crippen molar-refractivity contribution in [3.05, 3.63) is 21.9 Å². The van der Waals surface area contributed by atoms with Crippen LogP contribution < -0.4 is 10.6 Å². The topological polar surface area (TPSA) is 78.4 Å². The van der Waals surface area contributed by atoms with E-state index in [0.717, 1.165) is 4.88 Å². The van der Waals surface area contributed by atoms with Gasteiger partial charge in [-0.3, -0.25) is 9.59 Å². The van der Waals surface area contributed by atoms with Gasteiger partial charge in [0.15, 0.2) is 0 Å². The maximum Gasteiger partial charge on any atom is 0.261 e. The lowest BCUT2D eigenvalue weighted by molar-refractivity contribution is -0.119. The highest BCUT2D eigenvalue weighted by molar-refractivity contribution is 7.14. The zero-order valence-electron chi connectivity index (χ0n) is 9.82. The molecule has 0 aliphatic rings. The Hall–Kier alpha value is -1.40. The SMILES string of the molecule is CC(=O)NCc1ccc(C(=O)NC(C)CO)s1. The molecule has 1 rings (SSSR count). The summed E-state index contributed by atoms with van der Waals surface area (Å²) in [6, 6.07) is 3.25. The van der Waals surface area contributed by atoms with Gasteiger partial charge in [-0.1, -0.05) is 0 Å². The lowest BCUT2D eigenvalue weighted by Crippen LogP contribution is -2.34. The summed E-state index contributed by atoms with van der Waals surface area (Å²) >= 11 is 1.33. The van der Waals surface area contributed by atoms with Crippen molar-refractivity contribution < 1.29 is 14.7 Å². The minimum Gasteiger partial charge on any atom is -0.394 e. The zero-order valence-corrected chi connectivity index (χ0v) is 10.6. The molecule has 5 nitrogen and oxygen atoms in total. The molecule has 0 aromatic carbocycles. The van der Waals surface area contributed by atoms with E-state index < -0.39 is 0 Å². The van der Waals surface area contributed by atoms with Crippen LogP contribution in [0.4, 0.5) is 0 Å². The van der Waals surface area contributed by atoms with Gasteiger partial charge in [0.05, 0.1) is 18.0 Å². The Morgan fingerprint density at radius 3 is 2.76 bits per heavy atom. The van der Waals surface area contributed by atoms with E-state index in [1.807, 2.05) is 0 Å². The summed E-state index contributed by atoms with van der Waals surface area (Å²) in [5.41, 5.74) is 0. The van der Waals surface area contributed by atoms with Crippen molar-refractivity contribution >= 4 is 23.2 Å². The number of aliphatic hydroxyl groups excluding tert-OH is 1. The van der Waals surface area contributed by atoms with Crippen LogP contribution in [-0.4, -0.2) is 29.6 Å². The predicted molar refractivity (Wildman–Crippen MR) is 65.9 cm³/mol. The fourth-order valence-corrected chi connectivity index (χ4v) is 2.00. The molecule has 0 fully saturated rings. The summed E-state index contributed by atoms with van der Waals surface area (Å²) in [6.45, 7) is 3.52. The van der Waals surface area contributed by atoms with Crippen LogP contribution >= 0.6 is 11.3 Å². The molecule has 0 radical (unpaired) electrons. The Bertz CT molecular complexity index is 403. The van der Waals surface area contributed by atoms with Gasteiger partial charge in [-0.05, 0) is 19.1 Å². The van der Waals surface area contributed by atoms with Crippen LogP contribution in [0.3, 0.4) is 0 Å².